The predicted octanol–water partition coefficient (Wildman–Crippen LogP) is 4.06. The van der Waals surface area contributed by atoms with Gasteiger partial charge in [0, 0.05) is 12.6 Å². The topological polar surface area (TPSA) is 40.6 Å². The van der Waals surface area contributed by atoms with Crippen LogP contribution in [0.25, 0.3) is 0 Å². The molecule has 2 aliphatic heterocycles. The summed E-state index contributed by atoms with van der Waals surface area (Å²) in [5, 5.41) is 0. The molecule has 2 saturated heterocycles. The van der Waals surface area contributed by atoms with Crippen molar-refractivity contribution in [2.45, 2.75) is 35.6 Å². The third kappa shape index (κ3) is 2.26. The van der Waals surface area contributed by atoms with Crippen molar-refractivity contribution in [3.63, 3.8) is 0 Å². The van der Waals surface area contributed by atoms with Crippen molar-refractivity contribution in [2.24, 2.45) is 11.8 Å². The molecule has 2 bridgehead atoms. The maximum Gasteiger partial charge on any atom is 0.235 e. The largest absolute Gasteiger partial charge is 0.299 e. The molecular formula is C25H24Cl2N2O2. The van der Waals surface area contributed by atoms with E-state index in [0.29, 0.717) is 6.54 Å². The van der Waals surface area contributed by atoms with E-state index in [0.717, 1.165) is 48.2 Å². The van der Waals surface area contributed by atoms with Gasteiger partial charge in [-0.3, -0.25) is 19.4 Å². The van der Waals surface area contributed by atoms with E-state index < -0.39 is 21.6 Å². The summed E-state index contributed by atoms with van der Waals surface area (Å²) in [6, 6.07) is 15.8. The highest BCUT2D eigenvalue weighted by molar-refractivity contribution is 6.36. The maximum atomic E-state index is 13.8. The second-order valence-corrected chi connectivity index (χ2v) is 10.4. The molecule has 2 aromatic rings. The Hall–Kier alpha value is -1.88. The molecule has 2 aromatic carbocycles. The van der Waals surface area contributed by atoms with Crippen molar-refractivity contribution < 1.29 is 9.59 Å². The number of likely N-dealkylation sites (N-methyl/N-ethyl adjacent to an activating group) is 1. The van der Waals surface area contributed by atoms with Crippen LogP contribution in [-0.2, 0) is 19.3 Å². The zero-order chi connectivity index (χ0) is 21.5. The van der Waals surface area contributed by atoms with Crippen molar-refractivity contribution in [1.29, 1.82) is 0 Å². The van der Waals surface area contributed by atoms with Crippen LogP contribution in [0.3, 0.4) is 0 Å². The van der Waals surface area contributed by atoms with Gasteiger partial charge < -0.3 is 0 Å². The first-order valence-electron chi connectivity index (χ1n) is 11.1. The zero-order valence-corrected chi connectivity index (χ0v) is 18.9. The summed E-state index contributed by atoms with van der Waals surface area (Å²) in [4.78, 5) is 29.3. The Bertz CT molecular complexity index is 995. The molecule has 0 aromatic heterocycles. The molecule has 2 heterocycles. The fraction of sp³-hybridized carbons (Fsp3) is 0.440. The number of nitrogens with zero attached hydrogens (tertiary/aromatic N) is 2. The van der Waals surface area contributed by atoms with E-state index in [2.05, 4.69) is 11.8 Å². The summed E-state index contributed by atoms with van der Waals surface area (Å²) < 4.78 is 0. The summed E-state index contributed by atoms with van der Waals surface area (Å²) in [5.41, 5.74) is 3.41. The van der Waals surface area contributed by atoms with E-state index in [1.54, 1.807) is 0 Å². The van der Waals surface area contributed by atoms with Crippen LogP contribution >= 0.6 is 23.2 Å². The van der Waals surface area contributed by atoms with Crippen LogP contribution in [0.1, 0.15) is 42.0 Å². The molecule has 0 unspecified atom stereocenters. The van der Waals surface area contributed by atoms with E-state index in [4.69, 9.17) is 23.2 Å². The van der Waals surface area contributed by atoms with Gasteiger partial charge in [0.05, 0.1) is 11.8 Å². The number of carbonyl (C=O) groups is 2. The first kappa shape index (κ1) is 19.8. The first-order valence-corrected chi connectivity index (χ1v) is 11.9. The molecule has 5 aliphatic rings. The molecule has 0 saturated carbocycles. The standard InChI is InChI=1S/C25H24Cl2N2O2/c1-2-28-13-7-8-15(28)14-29-22(30)20-21(23(29)31)25(27)17-10-4-3-9-16(17)24(20,26)18-11-5-6-12-19(18)25/h3-6,9-12,15,20-21H,2,7-8,13-14H2,1H3/t15-,20-,21+,24?,25?/m0/s1. The molecule has 3 aliphatic carbocycles. The van der Waals surface area contributed by atoms with Crippen molar-refractivity contribution >= 4 is 35.0 Å². The third-order valence-corrected chi connectivity index (χ3v) is 9.26. The minimum absolute atomic E-state index is 0.179. The molecular weight excluding hydrogens is 431 g/mol. The Morgan fingerprint density at radius 3 is 1.74 bits per heavy atom. The van der Waals surface area contributed by atoms with Gasteiger partial charge in [-0.1, -0.05) is 55.5 Å². The van der Waals surface area contributed by atoms with Gasteiger partial charge in [-0.25, -0.2) is 0 Å². The van der Waals surface area contributed by atoms with Crippen LogP contribution in [0.4, 0.5) is 0 Å². The van der Waals surface area contributed by atoms with Gasteiger partial charge in [-0.15, -0.1) is 23.2 Å². The molecule has 31 heavy (non-hydrogen) atoms. The number of amides is 2. The lowest BCUT2D eigenvalue weighted by Crippen LogP contribution is -2.57. The van der Waals surface area contributed by atoms with E-state index in [-0.39, 0.29) is 17.9 Å². The summed E-state index contributed by atoms with van der Waals surface area (Å²) in [5.74, 6) is -1.75. The summed E-state index contributed by atoms with van der Waals surface area (Å²) in [7, 11) is 0. The molecule has 7 rings (SSSR count). The Kier molecular flexibility index (Phi) is 4.19. The van der Waals surface area contributed by atoms with Crippen LogP contribution in [0.15, 0.2) is 48.5 Å². The zero-order valence-electron chi connectivity index (χ0n) is 17.4. The maximum absolute atomic E-state index is 13.8. The van der Waals surface area contributed by atoms with Gasteiger partial charge >= 0.3 is 0 Å². The van der Waals surface area contributed by atoms with Gasteiger partial charge in [0.1, 0.15) is 9.75 Å². The minimum Gasteiger partial charge on any atom is -0.299 e. The summed E-state index contributed by atoms with van der Waals surface area (Å²) in [6.07, 6.45) is 2.09. The van der Waals surface area contributed by atoms with Crippen LogP contribution < -0.4 is 0 Å². The van der Waals surface area contributed by atoms with E-state index in [1.165, 1.54) is 4.90 Å². The highest BCUT2D eigenvalue weighted by Gasteiger charge is 2.73. The third-order valence-electron chi connectivity index (χ3n) is 7.98. The number of carbonyl (C=O) groups excluding carboxylic acids is 2. The monoisotopic (exact) mass is 454 g/mol. The molecule has 6 heteroatoms. The fourth-order valence-corrected chi connectivity index (χ4v) is 7.73. The van der Waals surface area contributed by atoms with Gasteiger partial charge in [0.25, 0.3) is 0 Å². The number of hydrogen-bond donors (Lipinski definition) is 0. The molecule has 4 nitrogen and oxygen atoms in total. The Morgan fingerprint density at radius 2 is 1.32 bits per heavy atom. The molecule has 3 atom stereocenters. The lowest BCUT2D eigenvalue weighted by atomic mass is 9.54. The van der Waals surface area contributed by atoms with Crippen molar-refractivity contribution in [1.82, 2.24) is 9.80 Å². The minimum atomic E-state index is -1.09. The molecule has 160 valence electrons. The van der Waals surface area contributed by atoms with Crippen molar-refractivity contribution in [3.05, 3.63) is 70.8 Å². The molecule has 0 spiro atoms. The average molecular weight is 455 g/mol. The van der Waals surface area contributed by atoms with Crippen molar-refractivity contribution in [3.8, 4) is 0 Å². The molecule has 2 fully saturated rings. The van der Waals surface area contributed by atoms with Crippen LogP contribution in [0, 0.1) is 11.8 Å². The number of rotatable bonds is 3. The Labute approximate surface area is 192 Å². The normalized spacial score (nSPS) is 36.0. The highest BCUT2D eigenvalue weighted by atomic mass is 35.5. The first-order chi connectivity index (χ1) is 14.9. The van der Waals surface area contributed by atoms with Crippen LogP contribution in [-0.4, -0.2) is 47.3 Å². The van der Waals surface area contributed by atoms with Gasteiger partial charge in [0.2, 0.25) is 11.8 Å². The average Bonchev–Trinajstić information content (AvgIpc) is 3.35. The Morgan fingerprint density at radius 1 is 0.871 bits per heavy atom. The molecule has 0 N–H and O–H groups in total. The lowest BCUT2D eigenvalue weighted by Gasteiger charge is -2.54. The van der Waals surface area contributed by atoms with Crippen LogP contribution in [0.5, 0.6) is 0 Å². The number of alkyl halides is 2. The lowest BCUT2D eigenvalue weighted by molar-refractivity contribution is -0.140. The van der Waals surface area contributed by atoms with Gasteiger partial charge in [-0.2, -0.15) is 0 Å². The number of halogens is 2. The fourth-order valence-electron chi connectivity index (χ4n) is 6.63. The SMILES string of the molecule is CCN1CCC[C@H]1CN1C(=O)[C@@H]2[C@H](C1=O)C1(Cl)c3ccccc3C2(Cl)c2ccccc21. The van der Waals surface area contributed by atoms with Gasteiger partial charge in [0.15, 0.2) is 0 Å². The highest BCUT2D eigenvalue weighted by Crippen LogP contribution is 2.69. The molecule has 0 radical (unpaired) electrons. The molecule has 2 amide bonds. The van der Waals surface area contributed by atoms with E-state index >= 15 is 0 Å². The smallest absolute Gasteiger partial charge is 0.235 e. The quantitative estimate of drug-likeness (QED) is 0.518. The van der Waals surface area contributed by atoms with Crippen LogP contribution in [0.2, 0.25) is 0 Å². The summed E-state index contributed by atoms with van der Waals surface area (Å²) in [6.45, 7) is 4.48. The van der Waals surface area contributed by atoms with E-state index in [9.17, 15) is 9.59 Å². The summed E-state index contributed by atoms with van der Waals surface area (Å²) >= 11 is 14.9. The number of imide groups is 1. The second-order valence-electron chi connectivity index (χ2n) is 9.18. The second kappa shape index (κ2) is 6.57. The number of likely N-dealkylation sites (tertiary alicyclic amines) is 2. The Balaban J connectivity index is 1.52. The number of hydrogen-bond acceptors (Lipinski definition) is 3. The van der Waals surface area contributed by atoms with E-state index in [1.807, 2.05) is 48.5 Å². The number of benzene rings is 2. The predicted molar refractivity (Wildman–Crippen MR) is 120 cm³/mol. The van der Waals surface area contributed by atoms with Gasteiger partial charge in [-0.05, 0) is 48.2 Å². The van der Waals surface area contributed by atoms with Crippen molar-refractivity contribution in [2.75, 3.05) is 19.6 Å².